The fraction of sp³-hybridized carbons (Fsp3) is 0.345. The molecule has 0 radical (unpaired) electrons. The van der Waals surface area contributed by atoms with Gasteiger partial charge in [-0.25, -0.2) is 4.79 Å². The standard InChI is InChI=1S/C29H33N3O/c1-3-31(4-2)29(33)30-23-19-26-24(21-11-7-5-8-12-21)15-17-32-18-16-25(27(20-23)28(26)32)22-13-9-6-10-14-22/h5-14,19-20,24-25H,3-4,15-18H2,1-2H3,(H,30,33)/t24-,25?/m0/s1. The SMILES string of the molecule is CCN(CC)C(=O)Nc1cc2c3c(c1)[C@H](c1ccccc1)CCN3CCC2c1ccccc1. The van der Waals surface area contributed by atoms with Gasteiger partial charge in [0.25, 0.3) is 0 Å². The molecule has 2 aliphatic rings. The Bertz CT molecular complexity index is 1040. The third kappa shape index (κ3) is 4.10. The number of benzene rings is 3. The van der Waals surface area contributed by atoms with Crippen LogP contribution in [-0.4, -0.2) is 37.1 Å². The summed E-state index contributed by atoms with van der Waals surface area (Å²) in [5.41, 5.74) is 7.70. The van der Waals surface area contributed by atoms with Crippen LogP contribution in [0.1, 0.15) is 60.8 Å². The van der Waals surface area contributed by atoms with Gasteiger partial charge in [0.1, 0.15) is 0 Å². The van der Waals surface area contributed by atoms with Gasteiger partial charge in [-0.2, -0.15) is 0 Å². The molecule has 0 aromatic heterocycles. The van der Waals surface area contributed by atoms with E-state index in [0.717, 1.165) is 31.6 Å². The molecule has 4 heteroatoms. The van der Waals surface area contributed by atoms with Crippen LogP contribution in [0.15, 0.2) is 72.8 Å². The first kappa shape index (κ1) is 21.6. The minimum atomic E-state index is -0.0249. The number of hydrogen-bond acceptors (Lipinski definition) is 2. The highest BCUT2D eigenvalue weighted by Crippen LogP contribution is 2.49. The van der Waals surface area contributed by atoms with Gasteiger partial charge in [-0.05, 0) is 61.1 Å². The molecule has 2 aliphatic heterocycles. The van der Waals surface area contributed by atoms with E-state index in [0.29, 0.717) is 24.9 Å². The molecule has 0 spiro atoms. The van der Waals surface area contributed by atoms with E-state index in [2.05, 4.69) is 83.0 Å². The summed E-state index contributed by atoms with van der Waals surface area (Å²) in [5.74, 6) is 0.687. The largest absolute Gasteiger partial charge is 0.371 e. The molecule has 170 valence electrons. The summed E-state index contributed by atoms with van der Waals surface area (Å²) in [4.78, 5) is 17.3. The van der Waals surface area contributed by atoms with Crippen molar-refractivity contribution in [2.45, 2.75) is 38.5 Å². The summed E-state index contributed by atoms with van der Waals surface area (Å²) in [6.45, 7) is 7.60. The molecule has 0 saturated heterocycles. The van der Waals surface area contributed by atoms with Crippen LogP contribution in [0.2, 0.25) is 0 Å². The van der Waals surface area contributed by atoms with Crippen LogP contribution < -0.4 is 10.2 Å². The Hall–Kier alpha value is -3.27. The average Bonchev–Trinajstić information content (AvgIpc) is 2.86. The van der Waals surface area contributed by atoms with Crippen LogP contribution in [-0.2, 0) is 0 Å². The van der Waals surface area contributed by atoms with Crippen LogP contribution in [0.25, 0.3) is 0 Å². The maximum absolute atomic E-state index is 12.9. The molecular formula is C29H33N3O. The first-order valence-corrected chi connectivity index (χ1v) is 12.3. The fourth-order valence-corrected chi connectivity index (χ4v) is 5.64. The number of rotatable bonds is 5. The lowest BCUT2D eigenvalue weighted by Gasteiger charge is -2.43. The molecule has 1 N–H and O–H groups in total. The summed E-state index contributed by atoms with van der Waals surface area (Å²) in [5, 5.41) is 3.22. The maximum Gasteiger partial charge on any atom is 0.321 e. The predicted molar refractivity (Wildman–Crippen MR) is 136 cm³/mol. The highest BCUT2D eigenvalue weighted by atomic mass is 16.2. The summed E-state index contributed by atoms with van der Waals surface area (Å²) < 4.78 is 0. The summed E-state index contributed by atoms with van der Waals surface area (Å²) in [7, 11) is 0. The van der Waals surface area contributed by atoms with Gasteiger partial charge < -0.3 is 15.1 Å². The van der Waals surface area contributed by atoms with Gasteiger partial charge in [0.15, 0.2) is 0 Å². The Balaban J connectivity index is 1.64. The number of anilines is 2. The molecule has 33 heavy (non-hydrogen) atoms. The van der Waals surface area contributed by atoms with Crippen molar-refractivity contribution in [3.05, 3.63) is 95.1 Å². The molecule has 4 nitrogen and oxygen atoms in total. The van der Waals surface area contributed by atoms with Crippen LogP contribution in [0.3, 0.4) is 0 Å². The lowest BCUT2D eigenvalue weighted by molar-refractivity contribution is 0.217. The van der Waals surface area contributed by atoms with Crippen LogP contribution in [0.4, 0.5) is 16.2 Å². The summed E-state index contributed by atoms with van der Waals surface area (Å²) in [6, 6.07) is 26.1. The zero-order chi connectivity index (χ0) is 22.8. The summed E-state index contributed by atoms with van der Waals surface area (Å²) >= 11 is 0. The third-order valence-electron chi connectivity index (χ3n) is 7.32. The quantitative estimate of drug-likeness (QED) is 0.497. The normalized spacial score (nSPS) is 19.0. The van der Waals surface area contributed by atoms with E-state index in [4.69, 9.17) is 0 Å². The smallest absolute Gasteiger partial charge is 0.321 e. The molecule has 1 unspecified atom stereocenters. The topological polar surface area (TPSA) is 35.6 Å². The van der Waals surface area contributed by atoms with Crippen molar-refractivity contribution in [2.75, 3.05) is 36.4 Å². The van der Waals surface area contributed by atoms with E-state index < -0.39 is 0 Å². The monoisotopic (exact) mass is 439 g/mol. The van der Waals surface area contributed by atoms with E-state index in [1.807, 2.05) is 18.7 Å². The van der Waals surface area contributed by atoms with Crippen molar-refractivity contribution in [1.29, 1.82) is 0 Å². The zero-order valence-electron chi connectivity index (χ0n) is 19.6. The van der Waals surface area contributed by atoms with Crippen LogP contribution >= 0.6 is 0 Å². The fourth-order valence-electron chi connectivity index (χ4n) is 5.64. The molecule has 0 fully saturated rings. The van der Waals surface area contributed by atoms with Gasteiger partial charge in [-0.3, -0.25) is 0 Å². The van der Waals surface area contributed by atoms with Crippen LogP contribution in [0, 0.1) is 0 Å². The Kier molecular flexibility index (Phi) is 6.08. The van der Waals surface area contributed by atoms with Gasteiger partial charge in [0.2, 0.25) is 0 Å². The van der Waals surface area contributed by atoms with E-state index in [-0.39, 0.29) is 6.03 Å². The van der Waals surface area contributed by atoms with E-state index in [9.17, 15) is 4.79 Å². The molecule has 2 amide bonds. The van der Waals surface area contributed by atoms with Crippen molar-refractivity contribution in [1.82, 2.24) is 4.90 Å². The van der Waals surface area contributed by atoms with E-state index in [1.165, 1.54) is 27.9 Å². The van der Waals surface area contributed by atoms with Crippen LogP contribution in [0.5, 0.6) is 0 Å². The molecular weight excluding hydrogens is 406 g/mol. The van der Waals surface area contributed by atoms with Gasteiger partial charge >= 0.3 is 6.03 Å². The van der Waals surface area contributed by atoms with Gasteiger partial charge in [0, 0.05) is 49.4 Å². The van der Waals surface area contributed by atoms with Crippen molar-refractivity contribution >= 4 is 17.4 Å². The van der Waals surface area contributed by atoms with Gasteiger partial charge in [-0.1, -0.05) is 60.7 Å². The molecule has 3 aromatic carbocycles. The van der Waals surface area contributed by atoms with Crippen molar-refractivity contribution in [3.63, 3.8) is 0 Å². The number of carbonyl (C=O) groups excluding carboxylic acids is 1. The highest BCUT2D eigenvalue weighted by molar-refractivity contribution is 5.90. The van der Waals surface area contributed by atoms with Crippen molar-refractivity contribution < 1.29 is 4.79 Å². The molecule has 2 atom stereocenters. The number of hydrogen-bond donors (Lipinski definition) is 1. The highest BCUT2D eigenvalue weighted by Gasteiger charge is 2.35. The average molecular weight is 440 g/mol. The number of carbonyl (C=O) groups is 1. The molecule has 0 saturated carbocycles. The van der Waals surface area contributed by atoms with E-state index >= 15 is 0 Å². The number of nitrogens with zero attached hydrogens (tertiary/aromatic N) is 2. The summed E-state index contributed by atoms with van der Waals surface area (Å²) in [6.07, 6.45) is 2.19. The maximum atomic E-state index is 12.9. The molecule has 3 aromatic rings. The first-order valence-electron chi connectivity index (χ1n) is 12.3. The van der Waals surface area contributed by atoms with Crippen molar-refractivity contribution in [3.8, 4) is 0 Å². The number of amides is 2. The zero-order valence-corrected chi connectivity index (χ0v) is 19.6. The lowest BCUT2D eigenvalue weighted by Crippen LogP contribution is -2.38. The second-order valence-corrected chi connectivity index (χ2v) is 9.10. The minimum Gasteiger partial charge on any atom is -0.371 e. The molecule has 0 aliphatic carbocycles. The molecule has 2 heterocycles. The molecule has 0 bridgehead atoms. The van der Waals surface area contributed by atoms with Gasteiger partial charge in [0.05, 0.1) is 0 Å². The Labute approximate surface area is 197 Å². The molecule has 5 rings (SSSR count). The Morgan fingerprint density at radius 1 is 0.848 bits per heavy atom. The minimum absolute atomic E-state index is 0.0249. The number of urea groups is 1. The van der Waals surface area contributed by atoms with Gasteiger partial charge in [-0.15, -0.1) is 0 Å². The third-order valence-corrected chi connectivity index (χ3v) is 7.32. The predicted octanol–water partition coefficient (Wildman–Crippen LogP) is 6.44. The Morgan fingerprint density at radius 2 is 1.33 bits per heavy atom. The second kappa shape index (κ2) is 9.30. The Morgan fingerprint density at radius 3 is 1.79 bits per heavy atom. The van der Waals surface area contributed by atoms with E-state index in [1.54, 1.807) is 0 Å². The first-order chi connectivity index (χ1) is 16.2. The second-order valence-electron chi connectivity index (χ2n) is 9.10. The van der Waals surface area contributed by atoms with Crippen molar-refractivity contribution in [2.24, 2.45) is 0 Å². The number of nitrogens with one attached hydrogen (secondary N) is 1. The lowest BCUT2D eigenvalue weighted by atomic mass is 9.76.